The van der Waals surface area contributed by atoms with E-state index in [9.17, 15) is 18.7 Å². The van der Waals surface area contributed by atoms with Gasteiger partial charge in [0.25, 0.3) is 0 Å². The minimum absolute atomic E-state index is 0.00337. The quantitative estimate of drug-likeness (QED) is 0.844. The van der Waals surface area contributed by atoms with Crippen molar-refractivity contribution in [3.63, 3.8) is 0 Å². The monoisotopic (exact) mass is 257 g/mol. The van der Waals surface area contributed by atoms with Crippen molar-refractivity contribution >= 4 is 5.91 Å². The van der Waals surface area contributed by atoms with E-state index in [-0.39, 0.29) is 18.5 Å². The highest BCUT2D eigenvalue weighted by molar-refractivity contribution is 5.78. The average molecular weight is 257 g/mol. The van der Waals surface area contributed by atoms with Crippen LogP contribution >= 0.6 is 0 Å². The Balaban J connectivity index is 2.58. The SMILES string of the molecule is CCC(C)(O)CNC(=O)Cc1cccc(F)c1F. The molecule has 0 aliphatic rings. The van der Waals surface area contributed by atoms with E-state index in [0.717, 1.165) is 6.07 Å². The van der Waals surface area contributed by atoms with E-state index in [0.29, 0.717) is 6.42 Å². The summed E-state index contributed by atoms with van der Waals surface area (Å²) in [7, 11) is 0. The Hall–Kier alpha value is -1.49. The van der Waals surface area contributed by atoms with Gasteiger partial charge in [-0.15, -0.1) is 0 Å². The second kappa shape index (κ2) is 5.91. The number of carbonyl (C=O) groups excluding carboxylic acids is 1. The summed E-state index contributed by atoms with van der Waals surface area (Å²) >= 11 is 0. The summed E-state index contributed by atoms with van der Waals surface area (Å²) in [5.41, 5.74) is -0.987. The van der Waals surface area contributed by atoms with Gasteiger partial charge in [0.15, 0.2) is 11.6 Å². The molecule has 1 aromatic rings. The topological polar surface area (TPSA) is 49.3 Å². The van der Waals surface area contributed by atoms with Crippen molar-refractivity contribution in [2.75, 3.05) is 6.54 Å². The van der Waals surface area contributed by atoms with Crippen LogP contribution in [0, 0.1) is 11.6 Å². The highest BCUT2D eigenvalue weighted by Gasteiger charge is 2.19. The molecule has 1 atom stereocenters. The molecule has 2 N–H and O–H groups in total. The number of carbonyl (C=O) groups is 1. The lowest BCUT2D eigenvalue weighted by Gasteiger charge is -2.21. The van der Waals surface area contributed by atoms with Crippen LogP contribution in [0.15, 0.2) is 18.2 Å². The van der Waals surface area contributed by atoms with E-state index < -0.39 is 23.1 Å². The summed E-state index contributed by atoms with van der Waals surface area (Å²) in [6, 6.07) is 3.71. The predicted molar refractivity (Wildman–Crippen MR) is 64.0 cm³/mol. The third-order valence-corrected chi connectivity index (χ3v) is 2.81. The lowest BCUT2D eigenvalue weighted by molar-refractivity contribution is -0.121. The van der Waals surface area contributed by atoms with Crippen LogP contribution in [-0.2, 0) is 11.2 Å². The molecular weight excluding hydrogens is 240 g/mol. The lowest BCUT2D eigenvalue weighted by Crippen LogP contribution is -2.40. The molecule has 0 bridgehead atoms. The van der Waals surface area contributed by atoms with Gasteiger partial charge in [-0.05, 0) is 19.4 Å². The number of rotatable bonds is 5. The smallest absolute Gasteiger partial charge is 0.224 e. The first-order valence-corrected chi connectivity index (χ1v) is 5.77. The number of amides is 1. The molecule has 1 aromatic carbocycles. The minimum Gasteiger partial charge on any atom is -0.388 e. The van der Waals surface area contributed by atoms with Gasteiger partial charge >= 0.3 is 0 Å². The summed E-state index contributed by atoms with van der Waals surface area (Å²) in [4.78, 5) is 11.5. The van der Waals surface area contributed by atoms with Crippen molar-refractivity contribution in [1.82, 2.24) is 5.32 Å². The molecule has 0 saturated carbocycles. The Morgan fingerprint density at radius 2 is 2.11 bits per heavy atom. The molecule has 0 radical (unpaired) electrons. The average Bonchev–Trinajstić information content (AvgIpc) is 2.33. The summed E-state index contributed by atoms with van der Waals surface area (Å²) in [5, 5.41) is 12.2. The summed E-state index contributed by atoms with van der Waals surface area (Å²) in [5.74, 6) is -2.43. The van der Waals surface area contributed by atoms with Gasteiger partial charge in [-0.2, -0.15) is 0 Å². The van der Waals surface area contributed by atoms with Crippen LogP contribution in [0.1, 0.15) is 25.8 Å². The second-order valence-corrected chi connectivity index (χ2v) is 4.52. The largest absolute Gasteiger partial charge is 0.388 e. The van der Waals surface area contributed by atoms with E-state index in [1.165, 1.54) is 12.1 Å². The van der Waals surface area contributed by atoms with Gasteiger partial charge in [-0.25, -0.2) is 8.78 Å². The molecule has 0 aliphatic heterocycles. The van der Waals surface area contributed by atoms with Crippen LogP contribution in [0.3, 0.4) is 0 Å². The van der Waals surface area contributed by atoms with Gasteiger partial charge < -0.3 is 10.4 Å². The fourth-order valence-electron chi connectivity index (χ4n) is 1.33. The van der Waals surface area contributed by atoms with E-state index >= 15 is 0 Å². The molecule has 3 nitrogen and oxygen atoms in total. The van der Waals surface area contributed by atoms with Crippen LogP contribution in [0.2, 0.25) is 0 Å². The first-order chi connectivity index (χ1) is 8.35. The Kier molecular flexibility index (Phi) is 4.78. The van der Waals surface area contributed by atoms with Crippen LogP contribution < -0.4 is 5.32 Å². The minimum atomic E-state index is -1.00. The fraction of sp³-hybridized carbons (Fsp3) is 0.462. The highest BCUT2D eigenvalue weighted by atomic mass is 19.2. The molecule has 1 unspecified atom stereocenters. The van der Waals surface area contributed by atoms with Crippen molar-refractivity contribution in [1.29, 1.82) is 0 Å². The van der Waals surface area contributed by atoms with Crippen LogP contribution in [-0.4, -0.2) is 23.2 Å². The molecule has 5 heteroatoms. The number of aliphatic hydroxyl groups is 1. The maximum absolute atomic E-state index is 13.3. The van der Waals surface area contributed by atoms with Crippen molar-refractivity contribution < 1.29 is 18.7 Å². The van der Waals surface area contributed by atoms with Crippen LogP contribution in [0.5, 0.6) is 0 Å². The summed E-state index contributed by atoms with van der Waals surface area (Å²) in [6.45, 7) is 3.47. The molecule has 0 fully saturated rings. The van der Waals surface area contributed by atoms with Crippen LogP contribution in [0.4, 0.5) is 8.78 Å². The number of hydrogen-bond donors (Lipinski definition) is 2. The van der Waals surface area contributed by atoms with E-state index in [1.807, 2.05) is 0 Å². The third kappa shape index (κ3) is 4.07. The van der Waals surface area contributed by atoms with Crippen molar-refractivity contribution in [2.24, 2.45) is 0 Å². The van der Waals surface area contributed by atoms with Crippen LogP contribution in [0.25, 0.3) is 0 Å². The Bertz CT molecular complexity index is 433. The third-order valence-electron chi connectivity index (χ3n) is 2.81. The van der Waals surface area contributed by atoms with Gasteiger partial charge in [0.1, 0.15) is 0 Å². The molecule has 1 amide bonds. The predicted octanol–water partition coefficient (Wildman–Crippen LogP) is 1.78. The van der Waals surface area contributed by atoms with E-state index in [4.69, 9.17) is 0 Å². The summed E-state index contributed by atoms with van der Waals surface area (Å²) < 4.78 is 26.2. The Morgan fingerprint density at radius 3 is 2.72 bits per heavy atom. The van der Waals surface area contributed by atoms with Crippen molar-refractivity contribution in [3.05, 3.63) is 35.4 Å². The molecule has 0 saturated heterocycles. The molecular formula is C13H17F2NO2. The van der Waals surface area contributed by atoms with Gasteiger partial charge in [0.2, 0.25) is 5.91 Å². The Labute approximate surface area is 105 Å². The zero-order valence-electron chi connectivity index (χ0n) is 10.5. The molecule has 1 rings (SSSR count). The maximum atomic E-state index is 13.3. The zero-order valence-corrected chi connectivity index (χ0v) is 10.5. The Morgan fingerprint density at radius 1 is 1.44 bits per heavy atom. The van der Waals surface area contributed by atoms with E-state index in [2.05, 4.69) is 5.32 Å². The van der Waals surface area contributed by atoms with E-state index in [1.54, 1.807) is 13.8 Å². The number of benzene rings is 1. The molecule has 100 valence electrons. The summed E-state index contributed by atoms with van der Waals surface area (Å²) in [6.07, 6.45) is 0.241. The first kappa shape index (κ1) is 14.6. The maximum Gasteiger partial charge on any atom is 0.224 e. The molecule has 0 aromatic heterocycles. The lowest BCUT2D eigenvalue weighted by atomic mass is 10.0. The fourth-order valence-corrected chi connectivity index (χ4v) is 1.33. The molecule has 18 heavy (non-hydrogen) atoms. The molecule has 0 heterocycles. The van der Waals surface area contributed by atoms with Gasteiger partial charge in [0, 0.05) is 12.1 Å². The highest BCUT2D eigenvalue weighted by Crippen LogP contribution is 2.12. The van der Waals surface area contributed by atoms with Gasteiger partial charge in [0.05, 0.1) is 12.0 Å². The van der Waals surface area contributed by atoms with Crippen molar-refractivity contribution in [3.8, 4) is 0 Å². The molecule has 0 aliphatic carbocycles. The molecule has 0 spiro atoms. The van der Waals surface area contributed by atoms with Gasteiger partial charge in [-0.1, -0.05) is 19.1 Å². The number of hydrogen-bond acceptors (Lipinski definition) is 2. The first-order valence-electron chi connectivity index (χ1n) is 5.77. The second-order valence-electron chi connectivity index (χ2n) is 4.52. The normalized spacial score (nSPS) is 14.1. The zero-order chi connectivity index (χ0) is 13.8. The number of nitrogens with one attached hydrogen (secondary N) is 1. The van der Waals surface area contributed by atoms with Crippen molar-refractivity contribution in [2.45, 2.75) is 32.3 Å². The number of halogens is 2. The standard InChI is InChI=1S/C13H17F2NO2/c1-3-13(2,18)8-16-11(17)7-9-5-4-6-10(14)12(9)15/h4-6,18H,3,7-8H2,1-2H3,(H,16,17). The van der Waals surface area contributed by atoms with Gasteiger partial charge in [-0.3, -0.25) is 4.79 Å².